The standard InChI is InChI=1S/C14H9ClN2O2/c15-13-9(4-3-7-16-13)8-17-11-6-2-1-5-10(11)12(18)14(17)19/h1-7H,8H2. The van der Waals surface area contributed by atoms with Gasteiger partial charge in [0, 0.05) is 11.8 Å². The van der Waals surface area contributed by atoms with E-state index in [1.54, 1.807) is 42.6 Å². The Morgan fingerprint density at radius 3 is 2.68 bits per heavy atom. The number of carbonyl (C=O) groups excluding carboxylic acids is 2. The summed E-state index contributed by atoms with van der Waals surface area (Å²) in [6.07, 6.45) is 1.58. The Morgan fingerprint density at radius 2 is 1.89 bits per heavy atom. The normalized spacial score (nSPS) is 13.8. The minimum Gasteiger partial charge on any atom is -0.300 e. The molecular weight excluding hydrogens is 264 g/mol. The second kappa shape index (κ2) is 4.48. The third kappa shape index (κ3) is 1.90. The van der Waals surface area contributed by atoms with Gasteiger partial charge in [0.25, 0.3) is 11.7 Å². The Bertz CT molecular complexity index is 685. The predicted molar refractivity (Wildman–Crippen MR) is 71.2 cm³/mol. The van der Waals surface area contributed by atoms with E-state index in [1.807, 2.05) is 0 Å². The summed E-state index contributed by atoms with van der Waals surface area (Å²) in [5.74, 6) is -1.00. The Balaban J connectivity index is 2.01. The zero-order chi connectivity index (χ0) is 13.4. The third-order valence-electron chi connectivity index (χ3n) is 3.04. The molecule has 0 unspecified atom stereocenters. The number of hydrogen-bond acceptors (Lipinski definition) is 3. The molecule has 0 N–H and O–H groups in total. The van der Waals surface area contributed by atoms with Gasteiger partial charge in [-0.05, 0) is 18.2 Å². The van der Waals surface area contributed by atoms with Crippen LogP contribution in [0.4, 0.5) is 5.69 Å². The number of benzene rings is 1. The molecule has 0 aliphatic carbocycles. The van der Waals surface area contributed by atoms with Crippen LogP contribution in [0.3, 0.4) is 0 Å². The third-order valence-corrected chi connectivity index (χ3v) is 3.38. The van der Waals surface area contributed by atoms with Gasteiger partial charge in [0.15, 0.2) is 0 Å². The van der Waals surface area contributed by atoms with E-state index in [9.17, 15) is 9.59 Å². The number of halogens is 1. The lowest BCUT2D eigenvalue weighted by molar-refractivity contribution is -0.114. The van der Waals surface area contributed by atoms with E-state index in [0.29, 0.717) is 22.0 Å². The van der Waals surface area contributed by atoms with Crippen molar-refractivity contribution in [3.8, 4) is 0 Å². The first kappa shape index (κ1) is 11.9. The summed E-state index contributed by atoms with van der Waals surface area (Å²) in [5, 5.41) is 0.340. The van der Waals surface area contributed by atoms with Gasteiger partial charge in [0.2, 0.25) is 0 Å². The van der Waals surface area contributed by atoms with Gasteiger partial charge in [-0.25, -0.2) is 4.98 Å². The summed E-state index contributed by atoms with van der Waals surface area (Å²) < 4.78 is 0. The molecule has 0 fully saturated rings. The van der Waals surface area contributed by atoms with Gasteiger partial charge in [-0.1, -0.05) is 29.8 Å². The molecule has 1 aliphatic rings. The van der Waals surface area contributed by atoms with Crippen molar-refractivity contribution in [1.29, 1.82) is 0 Å². The average molecular weight is 273 g/mol. The number of nitrogens with zero attached hydrogens (tertiary/aromatic N) is 2. The van der Waals surface area contributed by atoms with Crippen molar-refractivity contribution >= 4 is 29.0 Å². The number of fused-ring (bicyclic) bond motifs is 1. The second-order valence-corrected chi connectivity index (χ2v) is 4.55. The fraction of sp³-hybridized carbons (Fsp3) is 0.0714. The van der Waals surface area contributed by atoms with Gasteiger partial charge in [-0.15, -0.1) is 0 Å². The van der Waals surface area contributed by atoms with E-state index < -0.39 is 11.7 Å². The summed E-state index contributed by atoms with van der Waals surface area (Å²) in [4.78, 5) is 29.2. The van der Waals surface area contributed by atoms with Crippen LogP contribution in [0.1, 0.15) is 15.9 Å². The maximum atomic E-state index is 12.0. The monoisotopic (exact) mass is 272 g/mol. The Kier molecular flexibility index (Phi) is 2.80. The van der Waals surface area contributed by atoms with E-state index >= 15 is 0 Å². The molecule has 5 heteroatoms. The minimum absolute atomic E-state index is 0.244. The highest BCUT2D eigenvalue weighted by molar-refractivity contribution is 6.52. The molecule has 1 amide bonds. The molecule has 0 radical (unpaired) electrons. The molecule has 0 saturated carbocycles. The molecule has 3 rings (SSSR count). The number of ketones is 1. The van der Waals surface area contributed by atoms with Crippen molar-refractivity contribution in [1.82, 2.24) is 4.98 Å². The van der Waals surface area contributed by atoms with E-state index in [-0.39, 0.29) is 6.54 Å². The van der Waals surface area contributed by atoms with Crippen LogP contribution < -0.4 is 4.90 Å². The van der Waals surface area contributed by atoms with Crippen LogP contribution in [-0.4, -0.2) is 16.7 Å². The molecule has 4 nitrogen and oxygen atoms in total. The molecule has 2 aromatic rings. The van der Waals surface area contributed by atoms with Gasteiger partial charge in [-0.3, -0.25) is 9.59 Å². The van der Waals surface area contributed by atoms with Gasteiger partial charge in [0.1, 0.15) is 5.15 Å². The first-order chi connectivity index (χ1) is 9.18. The zero-order valence-corrected chi connectivity index (χ0v) is 10.6. The number of hydrogen-bond donors (Lipinski definition) is 0. The van der Waals surface area contributed by atoms with Crippen LogP contribution in [0.25, 0.3) is 0 Å². The van der Waals surface area contributed by atoms with Crippen LogP contribution in [0.15, 0.2) is 42.6 Å². The molecule has 1 aromatic carbocycles. The van der Waals surface area contributed by atoms with E-state index in [1.165, 1.54) is 4.90 Å². The lowest BCUT2D eigenvalue weighted by Crippen LogP contribution is -2.29. The van der Waals surface area contributed by atoms with Crippen molar-refractivity contribution in [3.05, 3.63) is 58.9 Å². The molecule has 1 aromatic heterocycles. The van der Waals surface area contributed by atoms with Crippen LogP contribution >= 0.6 is 11.6 Å². The lowest BCUT2D eigenvalue weighted by Gasteiger charge is -2.16. The maximum Gasteiger partial charge on any atom is 0.299 e. The number of pyridine rings is 1. The molecule has 2 heterocycles. The number of aromatic nitrogens is 1. The molecule has 94 valence electrons. The Morgan fingerprint density at radius 1 is 1.11 bits per heavy atom. The van der Waals surface area contributed by atoms with Crippen LogP contribution in [-0.2, 0) is 11.3 Å². The molecule has 0 bridgehead atoms. The van der Waals surface area contributed by atoms with E-state index in [0.717, 1.165) is 0 Å². The molecular formula is C14H9ClN2O2. The van der Waals surface area contributed by atoms with Gasteiger partial charge < -0.3 is 4.90 Å². The first-order valence-corrected chi connectivity index (χ1v) is 6.11. The number of anilines is 1. The SMILES string of the molecule is O=C1C(=O)N(Cc2cccnc2Cl)c2ccccc21. The molecule has 0 saturated heterocycles. The average Bonchev–Trinajstić information content (AvgIpc) is 2.67. The number of Topliss-reactive ketones (excluding diaryl/α,β-unsaturated/α-hetero) is 1. The van der Waals surface area contributed by atoms with Crippen molar-refractivity contribution < 1.29 is 9.59 Å². The minimum atomic E-state index is -0.527. The van der Waals surface area contributed by atoms with E-state index in [2.05, 4.69) is 4.98 Å². The largest absolute Gasteiger partial charge is 0.300 e. The number of amides is 1. The fourth-order valence-corrected chi connectivity index (χ4v) is 2.29. The second-order valence-electron chi connectivity index (χ2n) is 4.19. The topological polar surface area (TPSA) is 50.3 Å². The van der Waals surface area contributed by atoms with Crippen LogP contribution in [0.5, 0.6) is 0 Å². The molecule has 1 aliphatic heterocycles. The maximum absolute atomic E-state index is 12.0. The fourth-order valence-electron chi connectivity index (χ4n) is 2.11. The molecule has 0 atom stereocenters. The van der Waals surface area contributed by atoms with Crippen LogP contribution in [0.2, 0.25) is 5.15 Å². The first-order valence-electron chi connectivity index (χ1n) is 5.73. The van der Waals surface area contributed by atoms with Gasteiger partial charge in [0.05, 0.1) is 17.8 Å². The highest BCUT2D eigenvalue weighted by Gasteiger charge is 2.35. The van der Waals surface area contributed by atoms with Crippen molar-refractivity contribution in [2.75, 3.05) is 4.90 Å². The Hall–Kier alpha value is -2.20. The molecule has 0 spiro atoms. The molecule has 19 heavy (non-hydrogen) atoms. The lowest BCUT2D eigenvalue weighted by atomic mass is 10.1. The summed E-state index contributed by atoms with van der Waals surface area (Å²) in [5.41, 5.74) is 1.77. The smallest absolute Gasteiger partial charge is 0.299 e. The summed E-state index contributed by atoms with van der Waals surface area (Å²) >= 11 is 5.98. The number of rotatable bonds is 2. The van der Waals surface area contributed by atoms with Gasteiger partial charge in [-0.2, -0.15) is 0 Å². The van der Waals surface area contributed by atoms with E-state index in [4.69, 9.17) is 11.6 Å². The highest BCUT2D eigenvalue weighted by atomic mass is 35.5. The predicted octanol–water partition coefficient (Wildman–Crippen LogP) is 2.46. The van der Waals surface area contributed by atoms with Crippen molar-refractivity contribution in [2.45, 2.75) is 6.54 Å². The summed E-state index contributed by atoms with van der Waals surface area (Å²) in [7, 11) is 0. The van der Waals surface area contributed by atoms with Gasteiger partial charge >= 0.3 is 0 Å². The quantitative estimate of drug-likeness (QED) is 0.623. The summed E-state index contributed by atoms with van der Waals surface area (Å²) in [6.45, 7) is 0.244. The zero-order valence-electron chi connectivity index (χ0n) is 9.84. The van der Waals surface area contributed by atoms with Crippen molar-refractivity contribution in [2.24, 2.45) is 0 Å². The van der Waals surface area contributed by atoms with Crippen LogP contribution in [0, 0.1) is 0 Å². The number of carbonyl (C=O) groups is 2. The summed E-state index contributed by atoms with van der Waals surface area (Å²) in [6, 6.07) is 10.5. The number of para-hydroxylation sites is 1. The van der Waals surface area contributed by atoms with Crippen molar-refractivity contribution in [3.63, 3.8) is 0 Å². The highest BCUT2D eigenvalue weighted by Crippen LogP contribution is 2.30. The Labute approximate surface area is 114 Å².